The predicted octanol–water partition coefficient (Wildman–Crippen LogP) is 3.09. The summed E-state index contributed by atoms with van der Waals surface area (Å²) in [5.41, 5.74) is 0.662. The van der Waals surface area contributed by atoms with Crippen LogP contribution < -0.4 is 0 Å². The summed E-state index contributed by atoms with van der Waals surface area (Å²) in [6, 6.07) is 3.97. The van der Waals surface area contributed by atoms with Gasteiger partial charge >= 0.3 is 0 Å². The standard InChI is InChI=1S/C15H21F2NO/c1-11(19)6-15-4-2-3-5-18(15)10-12-7-13(16)9-14(17)8-12/h7-9,11,15,19H,2-6,10H2,1H3. The SMILES string of the molecule is CC(O)CC1CCCCN1Cc1cc(F)cc(F)c1. The third-order valence-corrected chi connectivity index (χ3v) is 3.67. The van der Waals surface area contributed by atoms with Gasteiger partial charge in [-0.3, -0.25) is 4.90 Å². The van der Waals surface area contributed by atoms with Crippen molar-refractivity contribution in [1.82, 2.24) is 4.90 Å². The first kappa shape index (κ1) is 14.4. The van der Waals surface area contributed by atoms with Crippen molar-refractivity contribution >= 4 is 0 Å². The second-order valence-corrected chi connectivity index (χ2v) is 5.48. The van der Waals surface area contributed by atoms with Crippen LogP contribution in [-0.2, 0) is 6.54 Å². The van der Waals surface area contributed by atoms with Crippen LogP contribution in [0.4, 0.5) is 8.78 Å². The normalized spacial score (nSPS) is 22.4. The first-order chi connectivity index (χ1) is 9.04. The second-order valence-electron chi connectivity index (χ2n) is 5.48. The van der Waals surface area contributed by atoms with Gasteiger partial charge in [0.05, 0.1) is 6.10 Å². The molecule has 1 aliphatic heterocycles. The zero-order chi connectivity index (χ0) is 13.8. The quantitative estimate of drug-likeness (QED) is 0.908. The van der Waals surface area contributed by atoms with Gasteiger partial charge in [-0.05, 0) is 50.4 Å². The molecular weight excluding hydrogens is 248 g/mol. The molecule has 1 heterocycles. The largest absolute Gasteiger partial charge is 0.393 e. The molecule has 1 fully saturated rings. The number of aliphatic hydroxyl groups is 1. The number of halogens is 2. The Morgan fingerprint density at radius 3 is 2.58 bits per heavy atom. The zero-order valence-electron chi connectivity index (χ0n) is 11.3. The van der Waals surface area contributed by atoms with Gasteiger partial charge in [-0.25, -0.2) is 8.78 Å². The molecule has 2 nitrogen and oxygen atoms in total. The Hall–Kier alpha value is -1.00. The van der Waals surface area contributed by atoms with Crippen LogP contribution in [0.25, 0.3) is 0 Å². The predicted molar refractivity (Wildman–Crippen MR) is 70.7 cm³/mol. The summed E-state index contributed by atoms with van der Waals surface area (Å²) in [5.74, 6) is -1.06. The van der Waals surface area contributed by atoms with Crippen molar-refractivity contribution in [1.29, 1.82) is 0 Å². The fraction of sp³-hybridized carbons (Fsp3) is 0.600. The van der Waals surface area contributed by atoms with E-state index in [1.165, 1.54) is 12.1 Å². The monoisotopic (exact) mass is 269 g/mol. The Morgan fingerprint density at radius 2 is 1.95 bits per heavy atom. The van der Waals surface area contributed by atoms with Gasteiger partial charge in [0.2, 0.25) is 0 Å². The zero-order valence-corrected chi connectivity index (χ0v) is 11.3. The molecule has 0 radical (unpaired) electrons. The van der Waals surface area contributed by atoms with Gasteiger partial charge in [0.1, 0.15) is 11.6 Å². The lowest BCUT2D eigenvalue weighted by atomic mass is 9.96. The summed E-state index contributed by atoms with van der Waals surface area (Å²) in [6.45, 7) is 3.26. The van der Waals surface area contributed by atoms with Crippen molar-refractivity contribution in [3.05, 3.63) is 35.4 Å². The van der Waals surface area contributed by atoms with Crippen molar-refractivity contribution < 1.29 is 13.9 Å². The Morgan fingerprint density at radius 1 is 1.26 bits per heavy atom. The molecule has 1 saturated heterocycles. The number of hydrogen-bond acceptors (Lipinski definition) is 2. The number of piperidine rings is 1. The molecule has 1 aliphatic rings. The van der Waals surface area contributed by atoms with Gasteiger partial charge in [0, 0.05) is 18.7 Å². The molecule has 0 aromatic heterocycles. The van der Waals surface area contributed by atoms with Crippen LogP contribution in [0.2, 0.25) is 0 Å². The Labute approximate surface area is 113 Å². The molecule has 1 aromatic carbocycles. The lowest BCUT2D eigenvalue weighted by molar-refractivity contribution is 0.0816. The first-order valence-corrected chi connectivity index (χ1v) is 6.91. The highest BCUT2D eigenvalue weighted by molar-refractivity contribution is 5.18. The first-order valence-electron chi connectivity index (χ1n) is 6.91. The van der Waals surface area contributed by atoms with Gasteiger partial charge in [0.15, 0.2) is 0 Å². The maximum Gasteiger partial charge on any atom is 0.126 e. The number of benzene rings is 1. The Kier molecular flexibility index (Phi) is 4.88. The van der Waals surface area contributed by atoms with Crippen molar-refractivity contribution in [2.24, 2.45) is 0 Å². The summed E-state index contributed by atoms with van der Waals surface area (Å²) in [5, 5.41) is 9.53. The van der Waals surface area contributed by atoms with E-state index in [0.29, 0.717) is 18.2 Å². The highest BCUT2D eigenvalue weighted by atomic mass is 19.1. The van der Waals surface area contributed by atoms with E-state index >= 15 is 0 Å². The topological polar surface area (TPSA) is 23.5 Å². The molecule has 0 aliphatic carbocycles. The van der Waals surface area contributed by atoms with Crippen molar-refractivity contribution in [2.75, 3.05) is 6.54 Å². The van der Waals surface area contributed by atoms with Crippen LogP contribution in [-0.4, -0.2) is 28.7 Å². The summed E-state index contributed by atoms with van der Waals surface area (Å²) in [7, 11) is 0. The van der Waals surface area contributed by atoms with E-state index in [2.05, 4.69) is 4.90 Å². The number of likely N-dealkylation sites (tertiary alicyclic amines) is 1. The van der Waals surface area contributed by atoms with E-state index in [1.54, 1.807) is 6.92 Å². The molecule has 2 unspecified atom stereocenters. The molecule has 2 rings (SSSR count). The summed E-state index contributed by atoms with van der Waals surface area (Å²) in [4.78, 5) is 2.23. The van der Waals surface area contributed by atoms with E-state index < -0.39 is 11.6 Å². The summed E-state index contributed by atoms with van der Waals surface area (Å²) < 4.78 is 26.4. The fourth-order valence-electron chi connectivity index (χ4n) is 2.87. The highest BCUT2D eigenvalue weighted by Gasteiger charge is 2.23. The van der Waals surface area contributed by atoms with Crippen LogP contribution in [0, 0.1) is 11.6 Å². The van der Waals surface area contributed by atoms with Crippen LogP contribution in [0.3, 0.4) is 0 Å². The molecule has 0 spiro atoms. The minimum absolute atomic E-state index is 0.306. The third-order valence-electron chi connectivity index (χ3n) is 3.67. The van der Waals surface area contributed by atoms with Gasteiger partial charge in [0.25, 0.3) is 0 Å². The molecule has 0 amide bonds. The Balaban J connectivity index is 2.06. The van der Waals surface area contributed by atoms with E-state index in [4.69, 9.17) is 0 Å². The van der Waals surface area contributed by atoms with Crippen LogP contribution in [0.15, 0.2) is 18.2 Å². The number of rotatable bonds is 4. The number of hydrogen-bond donors (Lipinski definition) is 1. The summed E-state index contributed by atoms with van der Waals surface area (Å²) >= 11 is 0. The van der Waals surface area contributed by atoms with E-state index in [-0.39, 0.29) is 6.10 Å². The number of aliphatic hydroxyl groups excluding tert-OH is 1. The molecule has 1 N–H and O–H groups in total. The molecule has 106 valence electrons. The maximum atomic E-state index is 13.2. The molecular formula is C15H21F2NO. The van der Waals surface area contributed by atoms with E-state index in [0.717, 1.165) is 38.3 Å². The second kappa shape index (κ2) is 6.44. The lowest BCUT2D eigenvalue weighted by Gasteiger charge is -2.36. The minimum Gasteiger partial charge on any atom is -0.393 e. The van der Waals surface area contributed by atoms with Crippen molar-refractivity contribution in [2.45, 2.75) is 51.3 Å². The van der Waals surface area contributed by atoms with Crippen LogP contribution >= 0.6 is 0 Å². The van der Waals surface area contributed by atoms with Crippen molar-refractivity contribution in [3.8, 4) is 0 Å². The maximum absolute atomic E-state index is 13.2. The molecule has 0 bridgehead atoms. The molecule has 0 saturated carbocycles. The van der Waals surface area contributed by atoms with Crippen molar-refractivity contribution in [3.63, 3.8) is 0 Å². The van der Waals surface area contributed by atoms with Gasteiger partial charge in [-0.1, -0.05) is 6.42 Å². The Bertz CT molecular complexity index is 402. The molecule has 2 atom stereocenters. The highest BCUT2D eigenvalue weighted by Crippen LogP contribution is 2.23. The average Bonchev–Trinajstić information content (AvgIpc) is 2.29. The fourth-order valence-corrected chi connectivity index (χ4v) is 2.87. The molecule has 19 heavy (non-hydrogen) atoms. The molecule has 4 heteroatoms. The summed E-state index contributed by atoms with van der Waals surface area (Å²) in [6.07, 6.45) is 3.69. The van der Waals surface area contributed by atoms with E-state index in [1.807, 2.05) is 0 Å². The van der Waals surface area contributed by atoms with Gasteiger partial charge in [-0.2, -0.15) is 0 Å². The third kappa shape index (κ3) is 4.25. The van der Waals surface area contributed by atoms with Crippen LogP contribution in [0.1, 0.15) is 38.2 Å². The lowest BCUT2D eigenvalue weighted by Crippen LogP contribution is -2.40. The average molecular weight is 269 g/mol. The van der Waals surface area contributed by atoms with E-state index in [9.17, 15) is 13.9 Å². The minimum atomic E-state index is -0.529. The number of nitrogens with zero attached hydrogens (tertiary/aromatic N) is 1. The van der Waals surface area contributed by atoms with Gasteiger partial charge in [-0.15, -0.1) is 0 Å². The van der Waals surface area contributed by atoms with Crippen LogP contribution in [0.5, 0.6) is 0 Å². The van der Waals surface area contributed by atoms with Gasteiger partial charge < -0.3 is 5.11 Å². The molecule has 1 aromatic rings. The smallest absolute Gasteiger partial charge is 0.126 e.